The van der Waals surface area contributed by atoms with Crippen LogP contribution in [0, 0.1) is 11.8 Å². The number of hydrogen-bond donors (Lipinski definition) is 2. The maximum Gasteiger partial charge on any atom is 0.120 e. The van der Waals surface area contributed by atoms with E-state index in [0.29, 0.717) is 6.04 Å². The molecule has 1 heterocycles. The zero-order valence-corrected chi connectivity index (χ0v) is 13.0. The summed E-state index contributed by atoms with van der Waals surface area (Å²) in [6.45, 7) is 5.55. The maximum atomic E-state index is 9.60. The van der Waals surface area contributed by atoms with Crippen molar-refractivity contribution in [1.29, 1.82) is 0 Å². The lowest BCUT2D eigenvalue weighted by atomic mass is 10.0. The van der Waals surface area contributed by atoms with Gasteiger partial charge in [-0.25, -0.2) is 0 Å². The van der Waals surface area contributed by atoms with E-state index in [-0.39, 0.29) is 6.61 Å². The highest BCUT2D eigenvalue weighted by atomic mass is 16.3. The van der Waals surface area contributed by atoms with E-state index in [1.165, 1.54) is 18.4 Å². The number of piperidine rings is 1. The third-order valence-electron chi connectivity index (χ3n) is 3.81. The maximum absolute atomic E-state index is 9.60. The SMILES string of the molecule is CC(C)(O)C#Cc1ccc(CN2CCCC[C@H]2CO)cc1. The summed E-state index contributed by atoms with van der Waals surface area (Å²) in [6.07, 6.45) is 3.52. The van der Waals surface area contributed by atoms with Gasteiger partial charge in [0.1, 0.15) is 5.60 Å². The van der Waals surface area contributed by atoms with Gasteiger partial charge in [-0.2, -0.15) is 0 Å². The molecule has 21 heavy (non-hydrogen) atoms. The van der Waals surface area contributed by atoms with E-state index in [0.717, 1.165) is 25.1 Å². The Hall–Kier alpha value is -1.34. The van der Waals surface area contributed by atoms with Crippen molar-refractivity contribution in [3.63, 3.8) is 0 Å². The highest BCUT2D eigenvalue weighted by Gasteiger charge is 2.21. The lowest BCUT2D eigenvalue weighted by Crippen LogP contribution is -2.41. The highest BCUT2D eigenvalue weighted by molar-refractivity contribution is 5.37. The summed E-state index contributed by atoms with van der Waals surface area (Å²) >= 11 is 0. The normalized spacial score (nSPS) is 19.9. The van der Waals surface area contributed by atoms with E-state index in [2.05, 4.69) is 28.9 Å². The Morgan fingerprint density at radius 1 is 1.24 bits per heavy atom. The molecule has 0 unspecified atom stereocenters. The van der Waals surface area contributed by atoms with Crippen LogP contribution in [0.1, 0.15) is 44.2 Å². The standard InChI is InChI=1S/C18H25NO2/c1-18(2,21)11-10-15-6-8-16(9-7-15)13-19-12-4-3-5-17(19)14-20/h6-9,17,20-21H,3-5,12-14H2,1-2H3/t17-/m0/s1. The molecule has 1 atom stereocenters. The van der Waals surface area contributed by atoms with Gasteiger partial charge in [0.2, 0.25) is 0 Å². The first kappa shape index (κ1) is 16.0. The Labute approximate surface area is 127 Å². The summed E-state index contributed by atoms with van der Waals surface area (Å²) in [5.41, 5.74) is 1.20. The van der Waals surface area contributed by atoms with Crippen molar-refractivity contribution in [3.8, 4) is 11.8 Å². The Balaban J connectivity index is 2.00. The molecule has 1 aromatic rings. The summed E-state index contributed by atoms with van der Waals surface area (Å²) < 4.78 is 0. The van der Waals surface area contributed by atoms with Gasteiger partial charge in [0.15, 0.2) is 0 Å². The first-order valence-corrected chi connectivity index (χ1v) is 7.67. The van der Waals surface area contributed by atoms with E-state index in [1.54, 1.807) is 13.8 Å². The highest BCUT2D eigenvalue weighted by Crippen LogP contribution is 2.19. The fourth-order valence-electron chi connectivity index (χ4n) is 2.63. The summed E-state index contributed by atoms with van der Waals surface area (Å²) in [4.78, 5) is 2.36. The van der Waals surface area contributed by atoms with Crippen molar-refractivity contribution >= 4 is 0 Å². The molecule has 1 saturated heterocycles. The third-order valence-corrected chi connectivity index (χ3v) is 3.81. The predicted octanol–water partition coefficient (Wildman–Crippen LogP) is 2.16. The second-order valence-corrected chi connectivity index (χ2v) is 6.31. The number of aliphatic hydroxyl groups is 2. The predicted molar refractivity (Wildman–Crippen MR) is 84.8 cm³/mol. The average Bonchev–Trinajstić information content (AvgIpc) is 2.46. The van der Waals surface area contributed by atoms with Crippen LogP contribution >= 0.6 is 0 Å². The van der Waals surface area contributed by atoms with Gasteiger partial charge in [0, 0.05) is 18.2 Å². The third kappa shape index (κ3) is 5.17. The minimum absolute atomic E-state index is 0.245. The fourth-order valence-corrected chi connectivity index (χ4v) is 2.63. The van der Waals surface area contributed by atoms with Crippen molar-refractivity contribution in [2.24, 2.45) is 0 Å². The second-order valence-electron chi connectivity index (χ2n) is 6.31. The first-order chi connectivity index (χ1) is 9.98. The molecule has 114 valence electrons. The molecule has 3 nitrogen and oxygen atoms in total. The molecule has 1 aliphatic rings. The number of benzene rings is 1. The Kier molecular flexibility index (Phi) is 5.41. The molecule has 2 rings (SSSR count). The van der Waals surface area contributed by atoms with Gasteiger partial charge in [0.05, 0.1) is 6.61 Å². The Bertz CT molecular complexity index is 505. The van der Waals surface area contributed by atoms with Crippen LogP contribution in [0.2, 0.25) is 0 Å². The van der Waals surface area contributed by atoms with Crippen LogP contribution in [-0.4, -0.2) is 39.9 Å². The number of aliphatic hydroxyl groups excluding tert-OH is 1. The molecule has 0 radical (unpaired) electrons. The molecule has 3 heteroatoms. The Morgan fingerprint density at radius 2 is 1.95 bits per heavy atom. The monoisotopic (exact) mass is 287 g/mol. The van der Waals surface area contributed by atoms with Gasteiger partial charge in [-0.15, -0.1) is 0 Å². The molecule has 0 bridgehead atoms. The molecular weight excluding hydrogens is 262 g/mol. The van der Waals surface area contributed by atoms with Gasteiger partial charge >= 0.3 is 0 Å². The van der Waals surface area contributed by atoms with Gasteiger partial charge < -0.3 is 10.2 Å². The first-order valence-electron chi connectivity index (χ1n) is 7.67. The van der Waals surface area contributed by atoms with Gasteiger partial charge in [-0.1, -0.05) is 30.4 Å². The number of rotatable bonds is 3. The van der Waals surface area contributed by atoms with Crippen LogP contribution in [0.25, 0.3) is 0 Å². The fraction of sp³-hybridized carbons (Fsp3) is 0.556. The van der Waals surface area contributed by atoms with Crippen molar-refractivity contribution in [1.82, 2.24) is 4.90 Å². The van der Waals surface area contributed by atoms with Gasteiger partial charge in [0.25, 0.3) is 0 Å². The molecule has 1 fully saturated rings. The lowest BCUT2D eigenvalue weighted by Gasteiger charge is -2.34. The van der Waals surface area contributed by atoms with E-state index in [4.69, 9.17) is 0 Å². The Morgan fingerprint density at radius 3 is 2.57 bits per heavy atom. The summed E-state index contributed by atoms with van der Waals surface area (Å²) in [7, 11) is 0. The molecule has 0 aliphatic carbocycles. The number of likely N-dealkylation sites (tertiary alicyclic amines) is 1. The van der Waals surface area contributed by atoms with Crippen molar-refractivity contribution in [2.75, 3.05) is 13.2 Å². The lowest BCUT2D eigenvalue weighted by molar-refractivity contribution is 0.0841. The van der Waals surface area contributed by atoms with Crippen molar-refractivity contribution in [2.45, 2.75) is 51.3 Å². The molecule has 1 aromatic carbocycles. The van der Waals surface area contributed by atoms with Crippen LogP contribution in [0.15, 0.2) is 24.3 Å². The summed E-state index contributed by atoms with van der Waals surface area (Å²) in [5.74, 6) is 5.80. The molecule has 1 aliphatic heterocycles. The van der Waals surface area contributed by atoms with E-state index in [9.17, 15) is 10.2 Å². The molecule has 0 aromatic heterocycles. The number of nitrogens with zero attached hydrogens (tertiary/aromatic N) is 1. The molecule has 0 amide bonds. The average molecular weight is 287 g/mol. The van der Waals surface area contributed by atoms with Crippen LogP contribution in [0.3, 0.4) is 0 Å². The largest absolute Gasteiger partial charge is 0.395 e. The van der Waals surface area contributed by atoms with Gasteiger partial charge in [-0.05, 0) is 50.9 Å². The second kappa shape index (κ2) is 7.09. The zero-order chi connectivity index (χ0) is 15.3. The van der Waals surface area contributed by atoms with Gasteiger partial charge in [-0.3, -0.25) is 4.90 Å². The van der Waals surface area contributed by atoms with E-state index < -0.39 is 5.60 Å². The van der Waals surface area contributed by atoms with Crippen LogP contribution in [-0.2, 0) is 6.54 Å². The smallest absolute Gasteiger partial charge is 0.120 e. The minimum Gasteiger partial charge on any atom is -0.395 e. The van der Waals surface area contributed by atoms with Crippen molar-refractivity contribution < 1.29 is 10.2 Å². The topological polar surface area (TPSA) is 43.7 Å². The number of hydrogen-bond acceptors (Lipinski definition) is 3. The minimum atomic E-state index is -0.958. The van der Waals surface area contributed by atoms with Crippen LogP contribution in [0.4, 0.5) is 0 Å². The molecular formula is C18H25NO2. The van der Waals surface area contributed by atoms with Crippen LogP contribution in [0.5, 0.6) is 0 Å². The quantitative estimate of drug-likeness (QED) is 0.837. The molecule has 0 saturated carbocycles. The van der Waals surface area contributed by atoms with Crippen LogP contribution < -0.4 is 0 Å². The summed E-state index contributed by atoms with van der Waals surface area (Å²) in [5, 5.41) is 19.0. The molecule has 2 N–H and O–H groups in total. The zero-order valence-electron chi connectivity index (χ0n) is 13.0. The van der Waals surface area contributed by atoms with E-state index in [1.807, 2.05) is 12.1 Å². The van der Waals surface area contributed by atoms with Crippen molar-refractivity contribution in [3.05, 3.63) is 35.4 Å². The molecule has 0 spiro atoms. The van der Waals surface area contributed by atoms with E-state index >= 15 is 0 Å². The summed E-state index contributed by atoms with van der Waals surface area (Å²) in [6, 6.07) is 8.45.